The number of thiophene rings is 1. The molecule has 1 heteroatoms. The largest absolute Gasteiger partial charge is 0.135 e. The molecule has 0 fully saturated rings. The van der Waals surface area contributed by atoms with Crippen molar-refractivity contribution < 1.29 is 0 Å². The van der Waals surface area contributed by atoms with Gasteiger partial charge < -0.3 is 0 Å². The van der Waals surface area contributed by atoms with Gasteiger partial charge in [-0.15, -0.1) is 11.3 Å². The maximum atomic E-state index is 2.50. The lowest BCUT2D eigenvalue weighted by atomic mass is 9.80. The first-order valence-electron chi connectivity index (χ1n) is 16.1. The second-order valence-corrected chi connectivity index (χ2v) is 14.3. The van der Waals surface area contributed by atoms with Crippen LogP contribution in [0.2, 0.25) is 0 Å². The highest BCUT2D eigenvalue weighted by atomic mass is 32.1. The van der Waals surface area contributed by atoms with E-state index in [9.17, 15) is 0 Å². The Morgan fingerprint density at radius 3 is 1.70 bits per heavy atom. The molecule has 8 aromatic carbocycles. The predicted molar refractivity (Wildman–Crippen MR) is 200 cm³/mol. The Morgan fingerprint density at radius 2 is 1.00 bits per heavy atom. The average molecular weight is 603 g/mol. The van der Waals surface area contributed by atoms with Crippen LogP contribution in [-0.2, 0) is 5.41 Å². The SMILES string of the molecule is CC1(C)c2cc(-c3c4ccccc4c(-c4ccccc4)c4ccccc34)ccc2-c2c1ccc1ccc3sc4ccccc4c3c21. The van der Waals surface area contributed by atoms with E-state index in [0.717, 1.165) is 0 Å². The van der Waals surface area contributed by atoms with Crippen molar-refractivity contribution in [2.75, 3.05) is 0 Å². The molecule has 46 heavy (non-hydrogen) atoms. The fourth-order valence-electron chi connectivity index (χ4n) is 8.37. The van der Waals surface area contributed by atoms with Crippen LogP contribution >= 0.6 is 11.3 Å². The molecule has 0 N–H and O–H groups in total. The smallest absolute Gasteiger partial charge is 0.0362 e. The maximum Gasteiger partial charge on any atom is 0.0362 e. The van der Waals surface area contributed by atoms with Crippen LogP contribution in [0.15, 0.2) is 146 Å². The predicted octanol–water partition coefficient (Wildman–Crippen LogP) is 13.2. The molecule has 0 nitrogen and oxygen atoms in total. The fraction of sp³-hybridized carbons (Fsp3) is 0.0667. The monoisotopic (exact) mass is 602 g/mol. The van der Waals surface area contributed by atoms with E-state index >= 15 is 0 Å². The first-order chi connectivity index (χ1) is 22.6. The highest BCUT2D eigenvalue weighted by Crippen LogP contribution is 2.55. The van der Waals surface area contributed by atoms with Gasteiger partial charge in [-0.05, 0) is 95.0 Å². The highest BCUT2D eigenvalue weighted by molar-refractivity contribution is 7.26. The summed E-state index contributed by atoms with van der Waals surface area (Å²) in [5.41, 5.74) is 10.6. The minimum Gasteiger partial charge on any atom is -0.135 e. The van der Waals surface area contributed by atoms with Crippen molar-refractivity contribution in [1.82, 2.24) is 0 Å². The topological polar surface area (TPSA) is 0 Å². The molecule has 0 radical (unpaired) electrons. The van der Waals surface area contributed by atoms with Crippen molar-refractivity contribution in [3.8, 4) is 33.4 Å². The molecule has 1 aliphatic carbocycles. The Bertz CT molecular complexity index is 2650. The second kappa shape index (κ2) is 9.39. The van der Waals surface area contributed by atoms with Crippen LogP contribution in [0.1, 0.15) is 25.0 Å². The van der Waals surface area contributed by atoms with Gasteiger partial charge in [-0.3, -0.25) is 0 Å². The molecule has 9 aromatic rings. The molecule has 1 aliphatic rings. The molecule has 0 aliphatic heterocycles. The normalized spacial score (nSPS) is 13.6. The average Bonchev–Trinajstić information content (AvgIpc) is 3.59. The minimum atomic E-state index is -0.127. The first-order valence-corrected chi connectivity index (χ1v) is 16.9. The molecule has 0 amide bonds. The van der Waals surface area contributed by atoms with E-state index in [-0.39, 0.29) is 5.41 Å². The lowest BCUT2D eigenvalue weighted by Gasteiger charge is -2.23. The summed E-state index contributed by atoms with van der Waals surface area (Å²) < 4.78 is 2.72. The highest BCUT2D eigenvalue weighted by Gasteiger charge is 2.37. The zero-order valence-corrected chi connectivity index (χ0v) is 26.6. The molecule has 0 spiro atoms. The summed E-state index contributed by atoms with van der Waals surface area (Å²) in [5, 5.41) is 10.7. The minimum absolute atomic E-state index is 0.127. The third-order valence-electron chi connectivity index (χ3n) is 10.4. The Hall–Kier alpha value is -5.24. The summed E-state index contributed by atoms with van der Waals surface area (Å²) >= 11 is 1.90. The number of fused-ring (bicyclic) bond motifs is 11. The Kier molecular flexibility index (Phi) is 5.31. The Labute approximate surface area is 272 Å². The molecule has 0 atom stereocenters. The molecule has 216 valence electrons. The fourth-order valence-corrected chi connectivity index (χ4v) is 9.48. The van der Waals surface area contributed by atoms with E-state index in [1.54, 1.807) is 0 Å². The number of rotatable bonds is 2. The molecule has 0 saturated carbocycles. The van der Waals surface area contributed by atoms with Crippen LogP contribution in [0.5, 0.6) is 0 Å². The van der Waals surface area contributed by atoms with Crippen molar-refractivity contribution in [1.29, 1.82) is 0 Å². The van der Waals surface area contributed by atoms with Crippen molar-refractivity contribution >= 4 is 63.8 Å². The third kappa shape index (κ3) is 3.44. The van der Waals surface area contributed by atoms with Crippen LogP contribution in [0.25, 0.3) is 85.9 Å². The van der Waals surface area contributed by atoms with Crippen molar-refractivity contribution in [3.05, 3.63) is 157 Å². The first kappa shape index (κ1) is 26.0. The standard InChI is InChI=1S/C45H30S/c1-45(2)36-24-21-28-22-25-39-44(35-18-10-11-19-38(35)46-39)42(28)43(36)34-23-20-29(26-37(34)45)41-32-16-8-6-14-30(32)40(27-12-4-3-5-13-27)31-15-7-9-17-33(31)41/h3-26H,1-2H3. The lowest BCUT2D eigenvalue weighted by molar-refractivity contribution is 0.661. The number of benzene rings is 8. The summed E-state index contributed by atoms with van der Waals surface area (Å²) in [4.78, 5) is 0. The molecule has 10 rings (SSSR count). The molecule has 0 unspecified atom stereocenters. The van der Waals surface area contributed by atoms with Gasteiger partial charge in [0.1, 0.15) is 0 Å². The molecule has 1 aromatic heterocycles. The van der Waals surface area contributed by atoms with Crippen molar-refractivity contribution in [3.63, 3.8) is 0 Å². The lowest BCUT2D eigenvalue weighted by Crippen LogP contribution is -2.15. The van der Waals surface area contributed by atoms with Gasteiger partial charge in [0, 0.05) is 25.6 Å². The van der Waals surface area contributed by atoms with Gasteiger partial charge in [0.15, 0.2) is 0 Å². The second-order valence-electron chi connectivity index (χ2n) is 13.2. The molecule has 1 heterocycles. The summed E-state index contributed by atoms with van der Waals surface area (Å²) in [6, 6.07) is 54.3. The molecule has 0 saturated heterocycles. The van der Waals surface area contributed by atoms with Crippen molar-refractivity contribution in [2.24, 2.45) is 0 Å². The zero-order chi connectivity index (χ0) is 30.6. The quantitative estimate of drug-likeness (QED) is 0.173. The van der Waals surface area contributed by atoms with Gasteiger partial charge >= 0.3 is 0 Å². The Balaban J connectivity index is 1.28. The van der Waals surface area contributed by atoms with Gasteiger partial charge in [-0.25, -0.2) is 0 Å². The van der Waals surface area contributed by atoms with Gasteiger partial charge in [-0.1, -0.05) is 141 Å². The summed E-state index contributed by atoms with van der Waals surface area (Å²) in [5.74, 6) is 0. The van der Waals surface area contributed by atoms with Crippen LogP contribution in [0.3, 0.4) is 0 Å². The maximum absolute atomic E-state index is 2.50. The van der Waals surface area contributed by atoms with E-state index in [0.29, 0.717) is 0 Å². The zero-order valence-electron chi connectivity index (χ0n) is 25.8. The number of hydrogen-bond acceptors (Lipinski definition) is 1. The van der Waals surface area contributed by atoms with E-state index in [1.165, 1.54) is 97.0 Å². The van der Waals surface area contributed by atoms with E-state index in [2.05, 4.69) is 159 Å². The van der Waals surface area contributed by atoms with Gasteiger partial charge in [0.2, 0.25) is 0 Å². The number of hydrogen-bond donors (Lipinski definition) is 0. The summed E-state index contributed by atoms with van der Waals surface area (Å²) in [6.45, 7) is 4.82. The van der Waals surface area contributed by atoms with Crippen molar-refractivity contribution in [2.45, 2.75) is 19.3 Å². The van der Waals surface area contributed by atoms with E-state index in [1.807, 2.05) is 11.3 Å². The molecule has 0 bridgehead atoms. The van der Waals surface area contributed by atoms with Crippen LogP contribution in [0, 0.1) is 0 Å². The van der Waals surface area contributed by atoms with E-state index in [4.69, 9.17) is 0 Å². The molecular weight excluding hydrogens is 573 g/mol. The summed E-state index contributed by atoms with van der Waals surface area (Å²) in [6.07, 6.45) is 0. The van der Waals surface area contributed by atoms with Gasteiger partial charge in [0.25, 0.3) is 0 Å². The van der Waals surface area contributed by atoms with Gasteiger partial charge in [-0.2, -0.15) is 0 Å². The van der Waals surface area contributed by atoms with Gasteiger partial charge in [0.05, 0.1) is 0 Å². The Morgan fingerprint density at radius 1 is 0.413 bits per heavy atom. The van der Waals surface area contributed by atoms with Crippen LogP contribution < -0.4 is 0 Å². The summed E-state index contributed by atoms with van der Waals surface area (Å²) in [7, 11) is 0. The third-order valence-corrected chi connectivity index (χ3v) is 11.6. The van der Waals surface area contributed by atoms with Crippen LogP contribution in [0.4, 0.5) is 0 Å². The molecular formula is C45H30S. The van der Waals surface area contributed by atoms with Crippen LogP contribution in [-0.4, -0.2) is 0 Å². The van der Waals surface area contributed by atoms with E-state index < -0.39 is 0 Å².